The van der Waals surface area contributed by atoms with Crippen molar-refractivity contribution < 1.29 is 13.9 Å². The van der Waals surface area contributed by atoms with Crippen molar-refractivity contribution in [2.75, 3.05) is 5.01 Å². The van der Waals surface area contributed by atoms with Gasteiger partial charge in [0.15, 0.2) is 5.75 Å². The van der Waals surface area contributed by atoms with E-state index in [9.17, 15) is 4.79 Å². The molecule has 0 radical (unpaired) electrons. The molecule has 2 aromatic rings. The van der Waals surface area contributed by atoms with Gasteiger partial charge in [0.25, 0.3) is 0 Å². The largest absolute Gasteiger partial charge is 0.482 e. The van der Waals surface area contributed by atoms with E-state index in [1.807, 2.05) is 5.43 Å². The van der Waals surface area contributed by atoms with Crippen molar-refractivity contribution >= 4 is 23.3 Å². The smallest absolute Gasteiger partial charge is 0.350 e. The lowest BCUT2D eigenvalue weighted by Crippen LogP contribution is -2.47. The summed E-state index contributed by atoms with van der Waals surface area (Å²) >= 11 is 6.06. The third-order valence-corrected chi connectivity index (χ3v) is 2.78. The molecule has 0 aliphatic heterocycles. The van der Waals surface area contributed by atoms with Crippen molar-refractivity contribution in [3.63, 3.8) is 0 Å². The van der Waals surface area contributed by atoms with Crippen molar-refractivity contribution in [1.82, 2.24) is 5.43 Å². The van der Waals surface area contributed by atoms with Gasteiger partial charge in [0, 0.05) is 0 Å². The number of amides is 2. The number of rotatable bonds is 4. The average molecular weight is 297 g/mol. The molecular weight excluding hydrogens is 284 g/mol. The number of nitrogens with one attached hydrogen (secondary N) is 1. The Balaban J connectivity index is 2.24. The Morgan fingerprint density at radius 1 is 1.40 bits per heavy atom. The fraction of sp³-hybridized carbons (Fsp3) is 0.0833. The first-order valence-electron chi connectivity index (χ1n) is 5.62. The third kappa shape index (κ3) is 3.02. The number of anilines is 1. The van der Waals surface area contributed by atoms with E-state index in [2.05, 4.69) is 0 Å². The first-order valence-corrected chi connectivity index (χ1v) is 6.00. The molecule has 0 fully saturated rings. The molecule has 2 amide bonds. The van der Waals surface area contributed by atoms with Gasteiger partial charge in [0.1, 0.15) is 18.1 Å². The topological polar surface area (TPSA) is 107 Å². The molecule has 2 rings (SSSR count). The second kappa shape index (κ2) is 6.29. The number of carbonyl (C=O) groups is 1. The van der Waals surface area contributed by atoms with Crippen molar-refractivity contribution in [2.45, 2.75) is 6.61 Å². The van der Waals surface area contributed by atoms with Crippen LogP contribution in [0.1, 0.15) is 5.76 Å². The summed E-state index contributed by atoms with van der Waals surface area (Å²) in [6.45, 7) is 0.155. The number of para-hydroxylation sites is 1. The highest BCUT2D eigenvalue weighted by Gasteiger charge is 2.18. The molecule has 5 N–H and O–H groups in total. The predicted molar refractivity (Wildman–Crippen MR) is 73.9 cm³/mol. The highest BCUT2D eigenvalue weighted by molar-refractivity contribution is 6.32. The molecule has 0 bridgehead atoms. The highest BCUT2D eigenvalue weighted by Crippen LogP contribution is 2.35. The van der Waals surface area contributed by atoms with E-state index in [4.69, 9.17) is 32.4 Å². The second-order valence-electron chi connectivity index (χ2n) is 3.78. The number of nitrogens with two attached hydrogens (primary N) is 2. The van der Waals surface area contributed by atoms with Gasteiger partial charge in [-0.25, -0.2) is 21.5 Å². The van der Waals surface area contributed by atoms with E-state index >= 15 is 0 Å². The minimum atomic E-state index is -0.699. The van der Waals surface area contributed by atoms with E-state index in [1.165, 1.54) is 6.26 Å². The van der Waals surface area contributed by atoms with Gasteiger partial charge >= 0.3 is 6.03 Å². The van der Waals surface area contributed by atoms with Crippen LogP contribution in [0.3, 0.4) is 0 Å². The second-order valence-corrected chi connectivity index (χ2v) is 4.18. The maximum atomic E-state index is 11.5. The Bertz CT molecular complexity index is 588. The Hall–Kier alpha value is -2.22. The summed E-state index contributed by atoms with van der Waals surface area (Å²) < 4.78 is 10.7. The molecule has 20 heavy (non-hydrogen) atoms. The highest BCUT2D eigenvalue weighted by atomic mass is 35.5. The standard InChI is InChI=1S/C12H13ClN4O3/c13-9-4-1-5-10(17(15)12(18)16-14)11(9)20-7-8-3-2-6-19-8/h1-6H,7,14-15H2,(H,16,18). The van der Waals surface area contributed by atoms with Crippen molar-refractivity contribution in [2.24, 2.45) is 11.7 Å². The van der Waals surface area contributed by atoms with Gasteiger partial charge in [0.2, 0.25) is 0 Å². The zero-order valence-electron chi connectivity index (χ0n) is 10.4. The molecular formula is C12H13ClN4O3. The Kier molecular flexibility index (Phi) is 4.46. The predicted octanol–water partition coefficient (Wildman–Crippen LogP) is 1.78. The molecule has 0 aliphatic rings. The van der Waals surface area contributed by atoms with Crippen molar-refractivity contribution in [3.8, 4) is 5.75 Å². The van der Waals surface area contributed by atoms with Crippen LogP contribution in [0.5, 0.6) is 5.75 Å². The molecule has 8 heteroatoms. The van der Waals surface area contributed by atoms with Crippen LogP contribution in [0.25, 0.3) is 0 Å². The number of halogens is 1. The lowest BCUT2D eigenvalue weighted by Gasteiger charge is -2.20. The number of carbonyl (C=O) groups excluding carboxylic acids is 1. The van der Waals surface area contributed by atoms with Crippen molar-refractivity contribution in [3.05, 3.63) is 47.4 Å². The third-order valence-electron chi connectivity index (χ3n) is 2.49. The number of hydrogen-bond donors (Lipinski definition) is 3. The molecule has 0 saturated heterocycles. The lowest BCUT2D eigenvalue weighted by atomic mass is 10.3. The van der Waals surface area contributed by atoms with Gasteiger partial charge < -0.3 is 9.15 Å². The number of nitrogens with zero attached hydrogens (tertiary/aromatic N) is 1. The first kappa shape index (κ1) is 14.2. The maximum Gasteiger partial charge on any atom is 0.350 e. The van der Waals surface area contributed by atoms with Crippen LogP contribution in [-0.2, 0) is 6.61 Å². The molecule has 1 heterocycles. The number of furan rings is 1. The van der Waals surface area contributed by atoms with E-state index < -0.39 is 6.03 Å². The summed E-state index contributed by atoms with van der Waals surface area (Å²) in [4.78, 5) is 11.5. The van der Waals surface area contributed by atoms with Crippen LogP contribution in [0.4, 0.5) is 10.5 Å². The Morgan fingerprint density at radius 2 is 2.20 bits per heavy atom. The van der Waals surface area contributed by atoms with Gasteiger partial charge in [-0.3, -0.25) is 5.43 Å². The van der Waals surface area contributed by atoms with Gasteiger partial charge in [-0.1, -0.05) is 17.7 Å². The first-order chi connectivity index (χ1) is 9.63. The van der Waals surface area contributed by atoms with Gasteiger partial charge in [-0.05, 0) is 24.3 Å². The van der Waals surface area contributed by atoms with Gasteiger partial charge in [-0.15, -0.1) is 0 Å². The van der Waals surface area contributed by atoms with Crippen LogP contribution in [0.15, 0.2) is 41.0 Å². The fourth-order valence-electron chi connectivity index (χ4n) is 1.55. The summed E-state index contributed by atoms with van der Waals surface area (Å²) in [6, 6.07) is 7.64. The molecule has 0 aliphatic carbocycles. The minimum Gasteiger partial charge on any atom is -0.482 e. The summed E-state index contributed by atoms with van der Waals surface area (Å²) in [7, 11) is 0. The number of urea groups is 1. The monoisotopic (exact) mass is 296 g/mol. The number of hydrazine groups is 2. The SMILES string of the molecule is NNC(=O)N(N)c1cccc(Cl)c1OCc1ccco1. The lowest BCUT2D eigenvalue weighted by molar-refractivity contribution is 0.245. The average Bonchev–Trinajstić information content (AvgIpc) is 2.97. The molecule has 1 aromatic heterocycles. The molecule has 0 spiro atoms. The molecule has 1 aromatic carbocycles. The van der Waals surface area contributed by atoms with Gasteiger partial charge in [0.05, 0.1) is 11.3 Å². The molecule has 7 nitrogen and oxygen atoms in total. The van der Waals surface area contributed by atoms with Crippen LogP contribution in [0.2, 0.25) is 5.02 Å². The maximum absolute atomic E-state index is 11.5. The normalized spacial score (nSPS) is 10.2. The summed E-state index contributed by atoms with van der Waals surface area (Å²) in [5.74, 6) is 11.6. The molecule has 0 unspecified atom stereocenters. The molecule has 0 atom stereocenters. The molecule has 106 valence electrons. The zero-order valence-corrected chi connectivity index (χ0v) is 11.1. The summed E-state index contributed by atoms with van der Waals surface area (Å²) in [6.07, 6.45) is 1.53. The zero-order chi connectivity index (χ0) is 14.5. The Labute approximate surface area is 120 Å². The van der Waals surface area contributed by atoms with E-state index in [0.29, 0.717) is 10.8 Å². The van der Waals surface area contributed by atoms with Crippen LogP contribution < -0.4 is 26.9 Å². The van der Waals surface area contributed by atoms with Crippen LogP contribution in [-0.4, -0.2) is 6.03 Å². The quantitative estimate of drug-likeness (QED) is 0.453. The van der Waals surface area contributed by atoms with Gasteiger partial charge in [-0.2, -0.15) is 0 Å². The van der Waals surface area contributed by atoms with Crippen molar-refractivity contribution in [1.29, 1.82) is 0 Å². The number of ether oxygens (including phenoxy) is 1. The fourth-order valence-corrected chi connectivity index (χ4v) is 1.77. The van der Waals surface area contributed by atoms with Crippen LogP contribution >= 0.6 is 11.6 Å². The molecule has 0 saturated carbocycles. The summed E-state index contributed by atoms with van der Waals surface area (Å²) in [5, 5.41) is 1.12. The Morgan fingerprint density at radius 3 is 2.85 bits per heavy atom. The van der Waals surface area contributed by atoms with E-state index in [-0.39, 0.29) is 18.0 Å². The summed E-state index contributed by atoms with van der Waals surface area (Å²) in [5.41, 5.74) is 2.21. The van der Waals surface area contributed by atoms with Crippen LogP contribution in [0, 0.1) is 0 Å². The van der Waals surface area contributed by atoms with E-state index in [1.54, 1.807) is 30.3 Å². The minimum absolute atomic E-state index is 0.155. The number of hydrogen-bond acceptors (Lipinski definition) is 5. The number of benzene rings is 1. The van der Waals surface area contributed by atoms with E-state index in [0.717, 1.165) is 5.01 Å².